The van der Waals surface area contributed by atoms with Crippen LogP contribution in [0.3, 0.4) is 0 Å². The fraction of sp³-hybridized carbons (Fsp3) is 0.294. The van der Waals surface area contributed by atoms with Gasteiger partial charge in [0.1, 0.15) is 0 Å². The van der Waals surface area contributed by atoms with Crippen LogP contribution in [0.5, 0.6) is 0 Å². The summed E-state index contributed by atoms with van der Waals surface area (Å²) in [5.41, 5.74) is 0.710. The van der Waals surface area contributed by atoms with Crippen LogP contribution in [0.2, 0.25) is 5.02 Å². The van der Waals surface area contributed by atoms with Crippen LogP contribution in [-0.4, -0.2) is 18.5 Å². The highest BCUT2D eigenvalue weighted by Crippen LogP contribution is 2.25. The number of thiophene rings is 1. The van der Waals surface area contributed by atoms with Gasteiger partial charge in [0.2, 0.25) is 5.91 Å². The first kappa shape index (κ1) is 17.5. The van der Waals surface area contributed by atoms with Crippen molar-refractivity contribution in [3.8, 4) is 0 Å². The fourth-order valence-electron chi connectivity index (χ4n) is 2.20. The van der Waals surface area contributed by atoms with Crippen molar-refractivity contribution in [3.05, 3.63) is 57.2 Å². The van der Waals surface area contributed by atoms with E-state index >= 15 is 0 Å². The van der Waals surface area contributed by atoms with Crippen LogP contribution in [0.1, 0.15) is 29.8 Å². The molecule has 2 rings (SSSR count). The molecule has 0 saturated carbocycles. The van der Waals surface area contributed by atoms with Crippen molar-refractivity contribution in [1.82, 2.24) is 5.32 Å². The fourth-order valence-corrected chi connectivity index (χ4v) is 3.17. The lowest BCUT2D eigenvalue weighted by Crippen LogP contribution is -2.31. The number of halogens is 1. The maximum Gasteiger partial charge on any atom is 0.308 e. The molecule has 0 saturated heterocycles. The van der Waals surface area contributed by atoms with Crippen molar-refractivity contribution in [3.63, 3.8) is 0 Å². The van der Waals surface area contributed by atoms with Crippen LogP contribution in [0.4, 0.5) is 0 Å². The second-order valence-corrected chi connectivity index (χ2v) is 6.35. The minimum Gasteiger partial charge on any atom is -0.466 e. The summed E-state index contributed by atoms with van der Waals surface area (Å²) >= 11 is 7.73. The third-order valence-corrected chi connectivity index (χ3v) is 4.43. The lowest BCUT2D eigenvalue weighted by molar-refractivity contribution is -0.143. The van der Waals surface area contributed by atoms with Gasteiger partial charge in [0.05, 0.1) is 25.5 Å². The molecule has 0 aliphatic heterocycles. The summed E-state index contributed by atoms with van der Waals surface area (Å²) in [5, 5.41) is 5.32. The maximum atomic E-state index is 12.2. The molecule has 1 aromatic heterocycles. The van der Waals surface area contributed by atoms with Crippen LogP contribution in [0, 0.1) is 0 Å². The molecule has 2 aromatic rings. The van der Waals surface area contributed by atoms with Crippen molar-refractivity contribution >= 4 is 34.8 Å². The molecular formula is C17H18ClNO3S. The van der Waals surface area contributed by atoms with Crippen molar-refractivity contribution in [2.24, 2.45) is 0 Å². The van der Waals surface area contributed by atoms with Gasteiger partial charge in [-0.05, 0) is 30.0 Å². The standard InChI is InChI=1S/C17H18ClNO3S/c1-2-22-17(21)11-15(13-7-3-4-8-14(13)18)19-16(20)10-12-6-5-9-23-12/h3-9,15H,2,10-11H2,1H3,(H,19,20)/t15-/m1/s1. The minimum absolute atomic E-state index is 0.0494. The van der Waals surface area contributed by atoms with Crippen molar-refractivity contribution in [2.75, 3.05) is 6.61 Å². The monoisotopic (exact) mass is 351 g/mol. The number of esters is 1. The number of rotatable bonds is 7. The Morgan fingerprint density at radius 2 is 2.04 bits per heavy atom. The molecule has 0 aliphatic carbocycles. The van der Waals surface area contributed by atoms with Crippen LogP contribution in [-0.2, 0) is 20.7 Å². The molecule has 1 amide bonds. The van der Waals surface area contributed by atoms with E-state index in [1.165, 1.54) is 11.3 Å². The SMILES string of the molecule is CCOC(=O)C[C@@H](NC(=O)Cc1cccs1)c1ccccc1Cl. The van der Waals surface area contributed by atoms with Crippen molar-refractivity contribution in [1.29, 1.82) is 0 Å². The Bertz CT molecular complexity index is 658. The lowest BCUT2D eigenvalue weighted by Gasteiger charge is -2.19. The molecule has 4 nitrogen and oxygen atoms in total. The van der Waals surface area contributed by atoms with E-state index in [0.717, 1.165) is 4.88 Å². The van der Waals surface area contributed by atoms with Gasteiger partial charge in [-0.25, -0.2) is 0 Å². The Hall–Kier alpha value is -1.85. The average Bonchev–Trinajstić information content (AvgIpc) is 3.00. The molecule has 1 atom stereocenters. The highest BCUT2D eigenvalue weighted by Gasteiger charge is 2.21. The summed E-state index contributed by atoms with van der Waals surface area (Å²) in [6.45, 7) is 2.05. The quantitative estimate of drug-likeness (QED) is 0.773. The first-order valence-corrected chi connectivity index (χ1v) is 8.57. The molecule has 0 bridgehead atoms. The molecule has 1 heterocycles. The second-order valence-electron chi connectivity index (χ2n) is 4.91. The molecule has 0 fully saturated rings. The largest absolute Gasteiger partial charge is 0.466 e. The summed E-state index contributed by atoms with van der Waals surface area (Å²) in [4.78, 5) is 25.0. The number of amides is 1. The molecule has 122 valence electrons. The van der Waals surface area contributed by atoms with Crippen LogP contribution < -0.4 is 5.32 Å². The normalized spacial score (nSPS) is 11.7. The zero-order chi connectivity index (χ0) is 16.7. The second kappa shape index (κ2) is 8.70. The van der Waals surface area contributed by atoms with Crippen LogP contribution >= 0.6 is 22.9 Å². The number of hydrogen-bond donors (Lipinski definition) is 1. The van der Waals surface area contributed by atoms with E-state index < -0.39 is 6.04 Å². The van der Waals surface area contributed by atoms with Crippen LogP contribution in [0.25, 0.3) is 0 Å². The molecule has 0 aliphatic rings. The molecule has 1 aromatic carbocycles. The Kier molecular flexibility index (Phi) is 6.62. The number of carbonyl (C=O) groups is 2. The van der Waals surface area contributed by atoms with Gasteiger partial charge < -0.3 is 10.1 Å². The summed E-state index contributed by atoms with van der Waals surface area (Å²) in [6.07, 6.45) is 0.329. The molecule has 0 unspecified atom stereocenters. The number of nitrogens with one attached hydrogen (secondary N) is 1. The number of benzene rings is 1. The van der Waals surface area contributed by atoms with Gasteiger partial charge in [0, 0.05) is 9.90 Å². The van der Waals surface area contributed by atoms with E-state index in [-0.39, 0.29) is 24.7 Å². The third-order valence-electron chi connectivity index (χ3n) is 3.21. The van der Waals surface area contributed by atoms with Gasteiger partial charge in [-0.15, -0.1) is 11.3 Å². The van der Waals surface area contributed by atoms with Crippen molar-refractivity contribution in [2.45, 2.75) is 25.8 Å². The Labute approximate surface area is 144 Å². The highest BCUT2D eigenvalue weighted by molar-refractivity contribution is 7.10. The Balaban J connectivity index is 2.11. The third kappa shape index (κ3) is 5.37. The molecule has 1 N–H and O–H groups in total. The van der Waals surface area contributed by atoms with Gasteiger partial charge in [-0.2, -0.15) is 0 Å². The Morgan fingerprint density at radius 3 is 2.70 bits per heavy atom. The van der Waals surface area contributed by atoms with E-state index in [4.69, 9.17) is 16.3 Å². The smallest absolute Gasteiger partial charge is 0.308 e. The average molecular weight is 352 g/mol. The molecule has 0 radical (unpaired) electrons. The topological polar surface area (TPSA) is 55.4 Å². The molecule has 0 spiro atoms. The first-order chi connectivity index (χ1) is 11.1. The summed E-state index contributed by atoms with van der Waals surface area (Å²) in [5.74, 6) is -0.518. The summed E-state index contributed by atoms with van der Waals surface area (Å²) in [7, 11) is 0. The maximum absolute atomic E-state index is 12.2. The highest BCUT2D eigenvalue weighted by atomic mass is 35.5. The van der Waals surface area contributed by atoms with Crippen LogP contribution in [0.15, 0.2) is 41.8 Å². The first-order valence-electron chi connectivity index (χ1n) is 7.32. The predicted octanol–water partition coefficient (Wildman–Crippen LogP) is 3.75. The minimum atomic E-state index is -0.504. The predicted molar refractivity (Wildman–Crippen MR) is 91.6 cm³/mol. The lowest BCUT2D eigenvalue weighted by atomic mass is 10.0. The van der Waals surface area contributed by atoms with Gasteiger partial charge in [-0.1, -0.05) is 35.9 Å². The Morgan fingerprint density at radius 1 is 1.26 bits per heavy atom. The van der Waals surface area contributed by atoms with Gasteiger partial charge in [0.25, 0.3) is 0 Å². The number of carbonyl (C=O) groups excluding carboxylic acids is 2. The van der Waals surface area contributed by atoms with Gasteiger partial charge >= 0.3 is 5.97 Å². The van der Waals surface area contributed by atoms with Crippen molar-refractivity contribution < 1.29 is 14.3 Å². The molecule has 23 heavy (non-hydrogen) atoms. The van der Waals surface area contributed by atoms with Gasteiger partial charge in [0.15, 0.2) is 0 Å². The summed E-state index contributed by atoms with van der Waals surface area (Å²) < 4.78 is 4.99. The molecule has 6 heteroatoms. The number of ether oxygens (including phenoxy) is 1. The van der Waals surface area contributed by atoms with E-state index in [2.05, 4.69) is 5.32 Å². The van der Waals surface area contributed by atoms with E-state index in [1.54, 1.807) is 25.1 Å². The summed E-state index contributed by atoms with van der Waals surface area (Å²) in [6, 6.07) is 10.5. The molecular weight excluding hydrogens is 334 g/mol. The van der Waals surface area contributed by atoms with Gasteiger partial charge in [-0.3, -0.25) is 9.59 Å². The zero-order valence-corrected chi connectivity index (χ0v) is 14.3. The zero-order valence-electron chi connectivity index (χ0n) is 12.8. The van der Waals surface area contributed by atoms with E-state index in [1.807, 2.05) is 23.6 Å². The van der Waals surface area contributed by atoms with E-state index in [9.17, 15) is 9.59 Å². The van der Waals surface area contributed by atoms with E-state index in [0.29, 0.717) is 17.2 Å². The number of hydrogen-bond acceptors (Lipinski definition) is 4.